The summed E-state index contributed by atoms with van der Waals surface area (Å²) in [5, 5.41) is 0. The van der Waals surface area contributed by atoms with E-state index in [4.69, 9.17) is 15.0 Å². The van der Waals surface area contributed by atoms with Gasteiger partial charge in [0.1, 0.15) is 0 Å². The Labute approximate surface area is 413 Å². The fraction of sp³-hybridized carbons (Fsp3) is 0.0735. The lowest BCUT2D eigenvalue weighted by atomic mass is 9.52. The highest BCUT2D eigenvalue weighted by Gasteiger charge is 2.59. The van der Waals surface area contributed by atoms with Gasteiger partial charge in [-0.1, -0.05) is 238 Å². The van der Waals surface area contributed by atoms with E-state index in [0.29, 0.717) is 17.5 Å². The molecule has 10 aromatic carbocycles. The largest absolute Gasteiger partial charge is 0.208 e. The molecule has 71 heavy (non-hydrogen) atoms. The standard InChI is InChI=1S/C68H45N3/c1-66(2)53-25-11-6-20-47(53)52-38-36-46(41-61(52)66)65-70-63(43-18-4-3-5-19-43)69-64(71-65)44-34-32-42(33-35-44)45-37-39-60-62(40-45)68(56-28-14-9-23-50(56)51-24-10-15-29-57(51)68)59-31-17-16-30-58(59)67(60)54-26-12-7-21-48(54)49-22-8-13-27-55(49)67/h3-41H,1-2H3. The molecular formula is C68H45N3. The van der Waals surface area contributed by atoms with Crippen molar-refractivity contribution in [1.82, 2.24) is 15.0 Å². The number of rotatable bonds is 4. The summed E-state index contributed by atoms with van der Waals surface area (Å²) in [5.74, 6) is 1.96. The molecule has 3 heteroatoms. The summed E-state index contributed by atoms with van der Waals surface area (Å²) in [6, 6.07) is 87.7. The predicted molar refractivity (Wildman–Crippen MR) is 287 cm³/mol. The van der Waals surface area contributed by atoms with Gasteiger partial charge in [0.25, 0.3) is 0 Å². The van der Waals surface area contributed by atoms with Gasteiger partial charge in [-0.05, 0) is 112 Å². The molecule has 1 heterocycles. The molecule has 15 rings (SSSR count). The van der Waals surface area contributed by atoms with Crippen LogP contribution in [0.5, 0.6) is 0 Å². The lowest BCUT2D eigenvalue weighted by Gasteiger charge is -2.49. The Hall–Kier alpha value is -8.79. The lowest BCUT2D eigenvalue weighted by Crippen LogP contribution is -2.43. The molecule has 332 valence electrons. The minimum absolute atomic E-state index is 0.146. The van der Waals surface area contributed by atoms with E-state index in [1.807, 2.05) is 18.2 Å². The molecule has 0 aliphatic heterocycles. The third-order valence-electron chi connectivity index (χ3n) is 16.5. The van der Waals surface area contributed by atoms with E-state index >= 15 is 0 Å². The van der Waals surface area contributed by atoms with Gasteiger partial charge in [0.05, 0.1) is 10.8 Å². The molecule has 11 aromatic rings. The fourth-order valence-corrected chi connectivity index (χ4v) is 13.4. The average Bonchev–Trinajstić information content (AvgIpc) is 4.01. The Bertz CT molecular complexity index is 3940. The number of aromatic nitrogens is 3. The number of hydrogen-bond donors (Lipinski definition) is 0. The van der Waals surface area contributed by atoms with Crippen LogP contribution in [0.2, 0.25) is 0 Å². The van der Waals surface area contributed by atoms with Crippen LogP contribution >= 0.6 is 0 Å². The van der Waals surface area contributed by atoms with Crippen molar-refractivity contribution in [1.29, 1.82) is 0 Å². The van der Waals surface area contributed by atoms with Crippen molar-refractivity contribution in [3.8, 4) is 78.7 Å². The molecule has 0 radical (unpaired) electrons. The molecule has 0 atom stereocenters. The van der Waals surface area contributed by atoms with Gasteiger partial charge in [-0.3, -0.25) is 0 Å². The van der Waals surface area contributed by atoms with Crippen LogP contribution in [-0.4, -0.2) is 15.0 Å². The van der Waals surface area contributed by atoms with Crippen molar-refractivity contribution in [2.75, 3.05) is 0 Å². The summed E-state index contributed by atoms with van der Waals surface area (Å²) >= 11 is 0. The molecule has 4 aliphatic carbocycles. The smallest absolute Gasteiger partial charge is 0.164 e. The predicted octanol–water partition coefficient (Wildman–Crippen LogP) is 15.9. The van der Waals surface area contributed by atoms with Gasteiger partial charge < -0.3 is 0 Å². The second kappa shape index (κ2) is 14.6. The Morgan fingerprint density at radius 3 is 1.07 bits per heavy atom. The normalized spacial score (nSPS) is 15.0. The van der Waals surface area contributed by atoms with Crippen molar-refractivity contribution in [2.24, 2.45) is 0 Å². The van der Waals surface area contributed by atoms with Crippen LogP contribution in [0.15, 0.2) is 237 Å². The van der Waals surface area contributed by atoms with Crippen molar-refractivity contribution in [3.05, 3.63) is 292 Å². The van der Waals surface area contributed by atoms with Gasteiger partial charge >= 0.3 is 0 Å². The van der Waals surface area contributed by atoms with Gasteiger partial charge in [-0.25, -0.2) is 15.0 Å². The Kier molecular flexibility index (Phi) is 8.26. The van der Waals surface area contributed by atoms with Crippen molar-refractivity contribution in [3.63, 3.8) is 0 Å². The molecule has 0 saturated carbocycles. The second-order valence-electron chi connectivity index (χ2n) is 20.2. The molecule has 0 saturated heterocycles. The molecule has 0 unspecified atom stereocenters. The maximum Gasteiger partial charge on any atom is 0.164 e. The van der Waals surface area contributed by atoms with Crippen LogP contribution in [0, 0.1) is 0 Å². The highest BCUT2D eigenvalue weighted by Crippen LogP contribution is 2.67. The molecule has 0 fully saturated rings. The summed E-state index contributed by atoms with van der Waals surface area (Å²) in [6.45, 7) is 4.63. The first-order chi connectivity index (χ1) is 35.0. The number of benzene rings is 10. The molecule has 3 nitrogen and oxygen atoms in total. The van der Waals surface area contributed by atoms with Crippen LogP contribution in [0.25, 0.3) is 78.7 Å². The zero-order valence-corrected chi connectivity index (χ0v) is 39.4. The summed E-state index contributed by atoms with van der Waals surface area (Å²) in [5.41, 5.74) is 25.0. The van der Waals surface area contributed by atoms with Gasteiger partial charge in [0, 0.05) is 22.1 Å². The van der Waals surface area contributed by atoms with Crippen molar-refractivity contribution >= 4 is 0 Å². The lowest BCUT2D eigenvalue weighted by molar-refractivity contribution is 0.633. The number of nitrogens with zero attached hydrogens (tertiary/aromatic N) is 3. The summed E-state index contributed by atoms with van der Waals surface area (Å²) in [7, 11) is 0. The van der Waals surface area contributed by atoms with Gasteiger partial charge in [0.2, 0.25) is 0 Å². The summed E-state index contributed by atoms with van der Waals surface area (Å²) < 4.78 is 0. The van der Waals surface area contributed by atoms with Crippen LogP contribution < -0.4 is 0 Å². The third kappa shape index (κ3) is 5.30. The Morgan fingerprint density at radius 2 is 0.549 bits per heavy atom. The molecule has 0 N–H and O–H groups in total. The molecular weight excluding hydrogens is 859 g/mol. The first kappa shape index (κ1) is 40.1. The van der Waals surface area contributed by atoms with E-state index in [1.54, 1.807) is 0 Å². The number of fused-ring (bicyclic) bond motifs is 19. The minimum Gasteiger partial charge on any atom is -0.208 e. The Balaban J connectivity index is 0.917. The SMILES string of the molecule is CC1(C)c2ccccc2-c2ccc(-c3nc(-c4ccccc4)nc(-c4ccc(-c5ccc6c(c5)C5(c7ccccc7-c7ccccc75)c5ccccc5C65c6ccccc6-c6ccccc65)cc4)n3)cc21. The highest BCUT2D eigenvalue weighted by atomic mass is 15.0. The molecule has 4 aliphatic rings. The van der Waals surface area contributed by atoms with Gasteiger partial charge in [0.15, 0.2) is 17.5 Å². The van der Waals surface area contributed by atoms with E-state index in [0.717, 1.165) is 27.8 Å². The highest BCUT2D eigenvalue weighted by molar-refractivity contribution is 5.94. The van der Waals surface area contributed by atoms with Crippen LogP contribution in [-0.2, 0) is 16.2 Å². The van der Waals surface area contributed by atoms with Gasteiger partial charge in [-0.2, -0.15) is 0 Å². The van der Waals surface area contributed by atoms with Crippen molar-refractivity contribution in [2.45, 2.75) is 30.1 Å². The molecule has 0 amide bonds. The summed E-state index contributed by atoms with van der Waals surface area (Å²) in [4.78, 5) is 15.6. The zero-order valence-electron chi connectivity index (χ0n) is 39.4. The molecule has 0 bridgehead atoms. The Morgan fingerprint density at radius 1 is 0.225 bits per heavy atom. The van der Waals surface area contributed by atoms with Crippen LogP contribution in [0.1, 0.15) is 69.5 Å². The fourth-order valence-electron chi connectivity index (χ4n) is 13.4. The van der Waals surface area contributed by atoms with Crippen LogP contribution in [0.3, 0.4) is 0 Å². The summed E-state index contributed by atoms with van der Waals surface area (Å²) in [6.07, 6.45) is 0. The third-order valence-corrected chi connectivity index (χ3v) is 16.5. The first-order valence-corrected chi connectivity index (χ1v) is 24.8. The zero-order chi connectivity index (χ0) is 47.1. The maximum absolute atomic E-state index is 5.25. The van der Waals surface area contributed by atoms with Crippen LogP contribution in [0.4, 0.5) is 0 Å². The van der Waals surface area contributed by atoms with E-state index in [-0.39, 0.29) is 5.41 Å². The monoisotopic (exact) mass is 903 g/mol. The van der Waals surface area contributed by atoms with E-state index < -0.39 is 10.8 Å². The maximum atomic E-state index is 5.25. The van der Waals surface area contributed by atoms with Crippen molar-refractivity contribution < 1.29 is 0 Å². The minimum atomic E-state index is -0.558. The van der Waals surface area contributed by atoms with E-state index in [9.17, 15) is 0 Å². The average molecular weight is 904 g/mol. The van der Waals surface area contributed by atoms with Gasteiger partial charge in [-0.15, -0.1) is 0 Å². The number of hydrogen-bond acceptors (Lipinski definition) is 3. The quantitative estimate of drug-likeness (QED) is 0.177. The molecule has 1 aromatic heterocycles. The topological polar surface area (TPSA) is 38.7 Å². The first-order valence-electron chi connectivity index (χ1n) is 24.8. The molecule has 2 spiro atoms. The van der Waals surface area contributed by atoms with E-state index in [1.165, 1.54) is 89.0 Å². The van der Waals surface area contributed by atoms with E-state index in [2.05, 4.69) is 232 Å². The second-order valence-corrected chi connectivity index (χ2v) is 20.2.